The van der Waals surface area contributed by atoms with Gasteiger partial charge in [-0.3, -0.25) is 0 Å². The third kappa shape index (κ3) is 2.94. The van der Waals surface area contributed by atoms with E-state index in [2.05, 4.69) is 0 Å². The van der Waals surface area contributed by atoms with Crippen LogP contribution in [0.15, 0.2) is 11.0 Å². The summed E-state index contributed by atoms with van der Waals surface area (Å²) in [6.07, 6.45) is 0.362. The Morgan fingerprint density at radius 3 is 2.00 bits per heavy atom. The topological polar surface area (TPSA) is 71.5 Å². The molecular formula is C15H23NO4S2. The van der Waals surface area contributed by atoms with E-state index in [1.165, 1.54) is 11.4 Å². The number of sulfonamides is 1. The second-order valence-electron chi connectivity index (χ2n) is 6.17. The van der Waals surface area contributed by atoms with E-state index in [1.54, 1.807) is 13.8 Å². The molecule has 0 radical (unpaired) electrons. The van der Waals surface area contributed by atoms with Gasteiger partial charge in [0.2, 0.25) is 10.0 Å². The van der Waals surface area contributed by atoms with Crippen LogP contribution in [0.5, 0.6) is 0 Å². The zero-order valence-corrected chi connectivity index (χ0v) is 15.3. The second-order valence-corrected chi connectivity index (χ2v) is 10.3. The molecule has 1 fully saturated rings. The van der Waals surface area contributed by atoms with Gasteiger partial charge in [-0.25, -0.2) is 16.8 Å². The monoisotopic (exact) mass is 345 g/mol. The van der Waals surface area contributed by atoms with Crippen molar-refractivity contribution >= 4 is 19.9 Å². The van der Waals surface area contributed by atoms with Crippen molar-refractivity contribution in [2.24, 2.45) is 0 Å². The van der Waals surface area contributed by atoms with Gasteiger partial charge < -0.3 is 0 Å². The van der Waals surface area contributed by atoms with Crippen molar-refractivity contribution in [2.75, 3.05) is 18.6 Å². The highest BCUT2D eigenvalue weighted by Gasteiger charge is 2.37. The minimum Gasteiger partial charge on any atom is -0.229 e. The standard InChI is InChI=1S/C15H23NO4S2/c1-10-8-11(2)13(4)15(12(10)3)22(19,20)16(5)14-6-7-21(17,18)9-14/h8,14H,6-7,9H2,1-5H3/t14-/m1/s1. The summed E-state index contributed by atoms with van der Waals surface area (Å²) in [5, 5.41) is 0. The third-order valence-electron chi connectivity index (χ3n) is 4.66. The lowest BCUT2D eigenvalue weighted by atomic mass is 10.0. The van der Waals surface area contributed by atoms with Crippen molar-refractivity contribution in [3.63, 3.8) is 0 Å². The average Bonchev–Trinajstić information content (AvgIpc) is 2.76. The van der Waals surface area contributed by atoms with E-state index in [9.17, 15) is 16.8 Å². The van der Waals surface area contributed by atoms with E-state index < -0.39 is 25.9 Å². The number of nitrogens with zero attached hydrogens (tertiary/aromatic N) is 1. The van der Waals surface area contributed by atoms with Crippen LogP contribution in [0, 0.1) is 27.7 Å². The Labute approximate surface area is 133 Å². The van der Waals surface area contributed by atoms with Crippen molar-refractivity contribution in [1.82, 2.24) is 4.31 Å². The van der Waals surface area contributed by atoms with Gasteiger partial charge in [0.25, 0.3) is 0 Å². The smallest absolute Gasteiger partial charge is 0.229 e. The molecule has 0 amide bonds. The highest BCUT2D eigenvalue weighted by Crippen LogP contribution is 2.30. The van der Waals surface area contributed by atoms with Crippen LogP contribution in [0.2, 0.25) is 0 Å². The molecule has 0 aliphatic carbocycles. The molecule has 1 saturated heterocycles. The maximum Gasteiger partial charge on any atom is 0.243 e. The first-order valence-electron chi connectivity index (χ1n) is 7.23. The van der Waals surface area contributed by atoms with Gasteiger partial charge in [-0.2, -0.15) is 4.31 Å². The molecule has 1 heterocycles. The molecule has 0 spiro atoms. The molecule has 0 saturated carbocycles. The highest BCUT2D eigenvalue weighted by atomic mass is 32.2. The third-order valence-corrected chi connectivity index (χ3v) is 8.59. The molecule has 1 atom stereocenters. The highest BCUT2D eigenvalue weighted by molar-refractivity contribution is 7.92. The van der Waals surface area contributed by atoms with Gasteiger partial charge in [0.1, 0.15) is 0 Å². The minimum atomic E-state index is -3.71. The molecule has 1 aliphatic rings. The first-order chi connectivity index (χ1) is 9.97. The molecule has 5 nitrogen and oxygen atoms in total. The lowest BCUT2D eigenvalue weighted by molar-refractivity contribution is 0.393. The van der Waals surface area contributed by atoms with Crippen molar-refractivity contribution in [3.05, 3.63) is 28.3 Å². The maximum absolute atomic E-state index is 13.0. The predicted octanol–water partition coefficient (Wildman–Crippen LogP) is 1.73. The maximum atomic E-state index is 13.0. The Bertz CT molecular complexity index is 784. The summed E-state index contributed by atoms with van der Waals surface area (Å²) in [7, 11) is -5.35. The van der Waals surface area contributed by atoms with Crippen LogP contribution in [-0.4, -0.2) is 45.7 Å². The summed E-state index contributed by atoms with van der Waals surface area (Å²) in [5.41, 5.74) is 3.31. The quantitative estimate of drug-likeness (QED) is 0.836. The second kappa shape index (κ2) is 5.62. The summed E-state index contributed by atoms with van der Waals surface area (Å²) in [5.74, 6) is -0.0338. The number of rotatable bonds is 3. The molecule has 124 valence electrons. The van der Waals surface area contributed by atoms with Crippen LogP contribution >= 0.6 is 0 Å². The summed E-state index contributed by atoms with van der Waals surface area (Å²) >= 11 is 0. The van der Waals surface area contributed by atoms with Crippen molar-refractivity contribution in [2.45, 2.75) is 45.1 Å². The van der Waals surface area contributed by atoms with Gasteiger partial charge in [0.15, 0.2) is 9.84 Å². The largest absolute Gasteiger partial charge is 0.243 e. The van der Waals surface area contributed by atoms with E-state index in [-0.39, 0.29) is 11.5 Å². The average molecular weight is 345 g/mol. The molecule has 0 unspecified atom stereocenters. The van der Waals surface area contributed by atoms with E-state index in [0.717, 1.165) is 22.3 Å². The summed E-state index contributed by atoms with van der Waals surface area (Å²) in [4.78, 5) is 0.316. The summed E-state index contributed by atoms with van der Waals surface area (Å²) in [6.45, 7) is 7.38. The number of aryl methyl sites for hydroxylation is 2. The van der Waals surface area contributed by atoms with Gasteiger partial charge in [-0.05, 0) is 56.4 Å². The van der Waals surface area contributed by atoms with Gasteiger partial charge >= 0.3 is 0 Å². The Balaban J connectivity index is 2.52. The van der Waals surface area contributed by atoms with Crippen LogP contribution in [0.25, 0.3) is 0 Å². The Morgan fingerprint density at radius 2 is 1.59 bits per heavy atom. The van der Waals surface area contributed by atoms with E-state index in [0.29, 0.717) is 11.3 Å². The predicted molar refractivity (Wildman–Crippen MR) is 87.4 cm³/mol. The molecular weight excluding hydrogens is 322 g/mol. The Kier molecular flexibility index (Phi) is 4.45. The van der Waals surface area contributed by atoms with E-state index >= 15 is 0 Å². The molecule has 2 rings (SSSR count). The molecule has 1 aliphatic heterocycles. The lowest BCUT2D eigenvalue weighted by Gasteiger charge is -2.26. The normalized spacial score (nSPS) is 21.5. The van der Waals surface area contributed by atoms with Crippen LogP contribution < -0.4 is 0 Å². The van der Waals surface area contributed by atoms with Crippen molar-refractivity contribution < 1.29 is 16.8 Å². The fraction of sp³-hybridized carbons (Fsp3) is 0.600. The molecule has 0 aromatic heterocycles. The van der Waals surface area contributed by atoms with Crippen LogP contribution in [0.3, 0.4) is 0 Å². The van der Waals surface area contributed by atoms with E-state index in [4.69, 9.17) is 0 Å². The van der Waals surface area contributed by atoms with Crippen molar-refractivity contribution in [1.29, 1.82) is 0 Å². The van der Waals surface area contributed by atoms with Crippen molar-refractivity contribution in [3.8, 4) is 0 Å². The SMILES string of the molecule is Cc1cc(C)c(C)c(S(=O)(=O)N(C)[C@@H]2CCS(=O)(=O)C2)c1C. The lowest BCUT2D eigenvalue weighted by Crippen LogP contribution is -2.38. The first kappa shape index (κ1) is 17.4. The zero-order chi connectivity index (χ0) is 16.9. The fourth-order valence-corrected chi connectivity index (χ4v) is 6.80. The van der Waals surface area contributed by atoms with Crippen LogP contribution in [0.1, 0.15) is 28.7 Å². The number of hydrogen-bond acceptors (Lipinski definition) is 4. The molecule has 1 aromatic carbocycles. The zero-order valence-electron chi connectivity index (χ0n) is 13.7. The first-order valence-corrected chi connectivity index (χ1v) is 10.5. The van der Waals surface area contributed by atoms with Gasteiger partial charge in [-0.1, -0.05) is 6.07 Å². The fourth-order valence-electron chi connectivity index (χ4n) is 2.97. The van der Waals surface area contributed by atoms with E-state index in [1.807, 2.05) is 19.9 Å². The number of hydrogen-bond donors (Lipinski definition) is 0. The molecule has 0 N–H and O–H groups in total. The van der Waals surface area contributed by atoms with Crippen LogP contribution in [-0.2, 0) is 19.9 Å². The Morgan fingerprint density at radius 1 is 1.09 bits per heavy atom. The molecule has 0 bridgehead atoms. The van der Waals surface area contributed by atoms with Gasteiger partial charge in [0.05, 0.1) is 16.4 Å². The van der Waals surface area contributed by atoms with Gasteiger partial charge in [0, 0.05) is 13.1 Å². The molecule has 1 aromatic rings. The number of benzene rings is 1. The minimum absolute atomic E-state index is 0.0579. The molecule has 7 heteroatoms. The summed E-state index contributed by atoms with van der Waals surface area (Å²) in [6, 6.07) is 1.50. The van der Waals surface area contributed by atoms with Gasteiger partial charge in [-0.15, -0.1) is 0 Å². The number of sulfone groups is 1. The molecule has 22 heavy (non-hydrogen) atoms. The Hall–Kier alpha value is -0.920. The van der Waals surface area contributed by atoms with Crippen LogP contribution in [0.4, 0.5) is 0 Å². The summed E-state index contributed by atoms with van der Waals surface area (Å²) < 4.78 is 50.5.